The molecule has 2 aliphatic carbocycles. The normalized spacial score (nSPS) is 18.8. The summed E-state index contributed by atoms with van der Waals surface area (Å²) in [6.45, 7) is 27.7. The maximum Gasteiger partial charge on any atom is 2.00 e. The number of hydrogen-bond acceptors (Lipinski definition) is 0. The summed E-state index contributed by atoms with van der Waals surface area (Å²) in [5, 5.41) is 3.53. The van der Waals surface area contributed by atoms with Gasteiger partial charge in [-0.2, -0.15) is 0 Å². The van der Waals surface area contributed by atoms with Gasteiger partial charge in [0.1, 0.15) is 0 Å². The van der Waals surface area contributed by atoms with Crippen LogP contribution in [0, 0.1) is 62.7 Å². The molecule has 2 aromatic carbocycles. The molecule has 10 radical (unpaired) electrons. The van der Waals surface area contributed by atoms with E-state index in [1.165, 1.54) is 33.1 Å². The van der Waals surface area contributed by atoms with Crippen LogP contribution >= 0.6 is 15.8 Å². The SMILES string of the molecule is CC(C)(C)c1ccc(P([C]2[CH][CH][CH][CH]2)C(C)(C)C)cc1.CC(C)(C)c1ccc(P([C]2[CH][CH][CH][CH]2)C(C)(C)C)cc1.[Fe+2]. The van der Waals surface area contributed by atoms with Crippen LogP contribution in [0.1, 0.15) is 94.2 Å². The first-order chi connectivity index (χ1) is 18.4. The van der Waals surface area contributed by atoms with E-state index in [0.29, 0.717) is 0 Å². The van der Waals surface area contributed by atoms with E-state index in [-0.39, 0.29) is 54.1 Å². The second kappa shape index (κ2) is 14.7. The topological polar surface area (TPSA) is 0 Å². The van der Waals surface area contributed by atoms with Crippen LogP contribution in [0.3, 0.4) is 0 Å². The molecule has 4 rings (SSSR count). The van der Waals surface area contributed by atoms with Crippen LogP contribution in [0.5, 0.6) is 0 Å². The zero-order valence-corrected chi connectivity index (χ0v) is 30.4. The third-order valence-corrected chi connectivity index (χ3v) is 13.1. The van der Waals surface area contributed by atoms with Gasteiger partial charge in [-0.3, -0.25) is 0 Å². The van der Waals surface area contributed by atoms with Crippen molar-refractivity contribution in [1.29, 1.82) is 0 Å². The van der Waals surface area contributed by atoms with Crippen LogP contribution < -0.4 is 10.6 Å². The van der Waals surface area contributed by atoms with Crippen molar-refractivity contribution >= 4 is 26.5 Å². The molecule has 2 unspecified atom stereocenters. The fourth-order valence-electron chi connectivity index (χ4n) is 5.09. The Balaban J connectivity index is 0.000000280. The Morgan fingerprint density at radius 1 is 0.390 bits per heavy atom. The Bertz CT molecular complexity index is 943. The molecule has 2 atom stereocenters. The molecule has 0 spiro atoms. The van der Waals surface area contributed by atoms with Crippen LogP contribution in [0.4, 0.5) is 0 Å². The van der Waals surface area contributed by atoms with Gasteiger partial charge in [-0.1, -0.05) is 147 Å². The Labute approximate surface area is 269 Å². The molecular weight excluding hydrogens is 574 g/mol. The molecule has 0 N–H and O–H groups in total. The van der Waals surface area contributed by atoms with Crippen molar-refractivity contribution in [2.45, 2.75) is 104 Å². The largest absolute Gasteiger partial charge is 2.00 e. The molecule has 0 saturated heterocycles. The summed E-state index contributed by atoms with van der Waals surface area (Å²) in [5.74, 6) is 0. The van der Waals surface area contributed by atoms with E-state index in [4.69, 9.17) is 0 Å². The fourth-order valence-corrected chi connectivity index (χ4v) is 10.6. The average molecular weight is 627 g/mol. The minimum absolute atomic E-state index is 0. The Morgan fingerprint density at radius 2 is 0.634 bits per heavy atom. The van der Waals surface area contributed by atoms with Gasteiger partial charge in [0.15, 0.2) is 0 Å². The molecule has 0 aromatic heterocycles. The first-order valence-electron chi connectivity index (χ1n) is 14.6. The maximum absolute atomic E-state index is 2.35. The minimum Gasteiger partial charge on any atom is -0.0619 e. The number of rotatable bonds is 4. The summed E-state index contributed by atoms with van der Waals surface area (Å²) in [5.41, 5.74) is 6.24. The number of hydrogen-bond donors (Lipinski definition) is 0. The number of benzene rings is 2. The van der Waals surface area contributed by atoms with Crippen molar-refractivity contribution in [3.63, 3.8) is 0 Å². The zero-order chi connectivity index (χ0) is 29.9. The molecule has 2 aromatic rings. The van der Waals surface area contributed by atoms with Gasteiger partial charge in [0, 0.05) is 11.3 Å². The molecule has 0 bridgehead atoms. The molecule has 41 heavy (non-hydrogen) atoms. The van der Waals surface area contributed by atoms with Crippen molar-refractivity contribution in [2.75, 3.05) is 0 Å². The van der Waals surface area contributed by atoms with Gasteiger partial charge in [-0.25, -0.2) is 0 Å². The predicted octanol–water partition coefficient (Wildman–Crippen LogP) is 10.5. The van der Waals surface area contributed by atoms with E-state index in [1.807, 2.05) is 0 Å². The molecule has 0 heterocycles. The Morgan fingerprint density at radius 3 is 0.829 bits per heavy atom. The van der Waals surface area contributed by atoms with Gasteiger partial charge in [-0.05, 0) is 94.2 Å². The van der Waals surface area contributed by atoms with Crippen LogP contribution in [-0.2, 0) is 27.9 Å². The fraction of sp³-hybridized carbons (Fsp3) is 0.421. The predicted molar refractivity (Wildman–Crippen MR) is 184 cm³/mol. The van der Waals surface area contributed by atoms with Gasteiger partial charge in [0.25, 0.3) is 0 Å². The monoisotopic (exact) mass is 626 g/mol. The van der Waals surface area contributed by atoms with Crippen molar-refractivity contribution in [3.05, 3.63) is 122 Å². The molecule has 2 aliphatic rings. The van der Waals surface area contributed by atoms with E-state index in [1.54, 1.807) is 0 Å². The van der Waals surface area contributed by atoms with Crippen LogP contribution in [0.25, 0.3) is 0 Å². The van der Waals surface area contributed by atoms with Gasteiger partial charge < -0.3 is 0 Å². The van der Waals surface area contributed by atoms with Gasteiger partial charge in [0.2, 0.25) is 0 Å². The molecule has 220 valence electrons. The summed E-state index contributed by atoms with van der Waals surface area (Å²) in [6, 6.07) is 18.6. The van der Waals surface area contributed by atoms with Crippen molar-refractivity contribution in [2.24, 2.45) is 0 Å². The molecule has 2 saturated carbocycles. The third-order valence-electron chi connectivity index (χ3n) is 7.13. The summed E-state index contributed by atoms with van der Waals surface area (Å²) >= 11 is 0. The summed E-state index contributed by atoms with van der Waals surface area (Å²) in [7, 11) is -0.606. The smallest absolute Gasteiger partial charge is 0.0619 e. The van der Waals surface area contributed by atoms with Crippen molar-refractivity contribution in [1.82, 2.24) is 0 Å². The van der Waals surface area contributed by atoms with Crippen molar-refractivity contribution < 1.29 is 17.1 Å². The van der Waals surface area contributed by atoms with Crippen molar-refractivity contribution in [3.8, 4) is 0 Å². The van der Waals surface area contributed by atoms with E-state index >= 15 is 0 Å². The van der Waals surface area contributed by atoms with E-state index < -0.39 is 0 Å². The van der Waals surface area contributed by atoms with Gasteiger partial charge in [-0.15, -0.1) is 0 Å². The standard InChI is InChI=1S/2C19H26P.Fe/c2*1-18(2,3)15-11-13-17(14-12-15)20(19(4,5)6)16-9-7-8-10-16;/h2*7-14H,1-6H3;/q;;+2. The second-order valence-corrected chi connectivity index (χ2v) is 21.0. The molecule has 2 fully saturated rings. The first-order valence-corrected chi connectivity index (χ1v) is 17.3. The quantitative estimate of drug-likeness (QED) is 0.234. The zero-order valence-electron chi connectivity index (χ0n) is 27.5. The molecular formula is C38H52FeP2+2. The van der Waals surface area contributed by atoms with E-state index in [0.717, 1.165) is 0 Å². The molecule has 0 aliphatic heterocycles. The van der Waals surface area contributed by atoms with Gasteiger partial charge in [0.05, 0.1) is 0 Å². The van der Waals surface area contributed by atoms with Gasteiger partial charge >= 0.3 is 17.1 Å². The Hall–Kier alpha value is -0.181. The molecule has 0 amide bonds. The Kier molecular flexibility index (Phi) is 13.3. The summed E-state index contributed by atoms with van der Waals surface area (Å²) < 4.78 is 0. The average Bonchev–Trinajstić information content (AvgIpc) is 3.53. The third kappa shape index (κ3) is 10.5. The molecule has 0 nitrogen and oxygen atoms in total. The van der Waals surface area contributed by atoms with Crippen LogP contribution in [-0.4, -0.2) is 10.3 Å². The van der Waals surface area contributed by atoms with E-state index in [9.17, 15) is 0 Å². The summed E-state index contributed by atoms with van der Waals surface area (Å²) in [6.07, 6.45) is 17.7. The summed E-state index contributed by atoms with van der Waals surface area (Å²) in [4.78, 5) is 0. The molecule has 3 heteroatoms. The minimum atomic E-state index is -0.303. The second-order valence-electron chi connectivity index (χ2n) is 14.9. The van der Waals surface area contributed by atoms with E-state index in [2.05, 4.69) is 183 Å². The maximum atomic E-state index is 2.35. The van der Waals surface area contributed by atoms with Crippen LogP contribution in [0.2, 0.25) is 0 Å². The van der Waals surface area contributed by atoms with Crippen LogP contribution in [0.15, 0.2) is 48.5 Å². The first kappa shape index (κ1) is 37.0.